The van der Waals surface area contributed by atoms with Crippen molar-refractivity contribution < 1.29 is 85.1 Å². The number of hydrogen-bond donors (Lipinski definition) is 0. The van der Waals surface area contributed by atoms with Gasteiger partial charge in [0.15, 0.2) is 0 Å². The van der Waals surface area contributed by atoms with Gasteiger partial charge in [-0.25, -0.2) is 16.8 Å². The minimum Gasteiger partial charge on any atom is -0.748 e. The van der Waals surface area contributed by atoms with Crippen molar-refractivity contribution in [2.75, 3.05) is 22.2 Å². The van der Waals surface area contributed by atoms with E-state index in [1.165, 1.54) is 0 Å². The third-order valence-electron chi connectivity index (χ3n) is 0.654. The van der Waals surface area contributed by atoms with Gasteiger partial charge in [0, 0.05) is 22.2 Å². The van der Waals surface area contributed by atoms with Crippen LogP contribution in [0.25, 0.3) is 0 Å². The van der Waals surface area contributed by atoms with Gasteiger partial charge in [-0.2, -0.15) is 0 Å². The smallest absolute Gasteiger partial charge is 0.748 e. The van der Waals surface area contributed by atoms with Gasteiger partial charge in [0.25, 0.3) is 0 Å². The molecule has 0 bridgehead atoms. The summed E-state index contributed by atoms with van der Waals surface area (Å²) in [5.74, 6) is -0.653. The van der Waals surface area contributed by atoms with Gasteiger partial charge < -0.3 is 9.11 Å². The minimum absolute atomic E-state index is 0. The molecule has 0 aliphatic carbocycles. The summed E-state index contributed by atoms with van der Waals surface area (Å²) in [6.07, 6.45) is 0. The van der Waals surface area contributed by atoms with Crippen molar-refractivity contribution in [1.82, 2.24) is 0 Å². The quantitative estimate of drug-likeness (QED) is 0.253. The summed E-state index contributed by atoms with van der Waals surface area (Å²) >= 11 is 5.61. The summed E-state index contributed by atoms with van der Waals surface area (Å²) in [5, 5.41) is 0.442. The minimum atomic E-state index is -3.97. The Morgan fingerprint density at radius 1 is 0.750 bits per heavy atom. The number of rotatable bonds is 4. The fourth-order valence-corrected chi connectivity index (χ4v) is 2.95. The van der Waals surface area contributed by atoms with E-state index >= 15 is 0 Å². The summed E-state index contributed by atoms with van der Waals surface area (Å²) in [5.41, 5.74) is 0. The molecule has 0 saturated heterocycles. The van der Waals surface area contributed by atoms with Crippen LogP contribution in [0.4, 0.5) is 0 Å². The van der Waals surface area contributed by atoms with E-state index in [1.807, 2.05) is 0 Å². The van der Waals surface area contributed by atoms with Crippen LogP contribution in [-0.4, -0.2) is 48.1 Å². The van der Waals surface area contributed by atoms with Crippen LogP contribution in [-0.2, 0) is 20.2 Å². The molecule has 0 aliphatic heterocycles. The SMILES string of the molecule is O=S(=O)([O-])CCBr.O=S(=O)([O-])CCBr.[Na+].[Na+]. The Balaban J connectivity index is -0.0000000800. The van der Waals surface area contributed by atoms with Crippen LogP contribution >= 0.6 is 31.9 Å². The summed E-state index contributed by atoms with van der Waals surface area (Å²) < 4.78 is 57.9. The molecule has 0 N–H and O–H groups in total. The molecule has 0 aromatic heterocycles. The Morgan fingerprint density at radius 2 is 0.938 bits per heavy atom. The van der Waals surface area contributed by atoms with Gasteiger partial charge in [-0.3, -0.25) is 0 Å². The molecule has 6 nitrogen and oxygen atoms in total. The zero-order chi connectivity index (χ0) is 11.8. The fraction of sp³-hybridized carbons (Fsp3) is 1.00. The molecular formula is C4H8Br2Na2O6S2. The molecule has 0 rings (SSSR count). The fourth-order valence-electron chi connectivity index (χ4n) is 0.189. The second-order valence-electron chi connectivity index (χ2n) is 1.90. The molecule has 0 unspecified atom stereocenters. The van der Waals surface area contributed by atoms with Crippen molar-refractivity contribution in [2.45, 2.75) is 0 Å². The van der Waals surface area contributed by atoms with Crippen LogP contribution in [0.5, 0.6) is 0 Å². The number of halogens is 2. The molecule has 0 aliphatic rings. The maximum atomic E-state index is 9.65. The maximum Gasteiger partial charge on any atom is 1.00 e. The van der Waals surface area contributed by atoms with Gasteiger partial charge in [0.05, 0.1) is 20.2 Å². The van der Waals surface area contributed by atoms with Crippen molar-refractivity contribution in [3.05, 3.63) is 0 Å². The van der Waals surface area contributed by atoms with Crippen LogP contribution in [0.2, 0.25) is 0 Å². The van der Waals surface area contributed by atoms with E-state index in [-0.39, 0.29) is 81.3 Å². The molecular weight excluding hydrogens is 414 g/mol. The molecule has 0 saturated carbocycles. The molecule has 0 atom stereocenters. The topological polar surface area (TPSA) is 114 Å². The third-order valence-corrected chi connectivity index (χ3v) is 3.91. The molecule has 88 valence electrons. The van der Waals surface area contributed by atoms with E-state index in [0.29, 0.717) is 0 Å². The van der Waals surface area contributed by atoms with Gasteiger partial charge in [-0.1, -0.05) is 31.9 Å². The maximum absolute atomic E-state index is 9.65. The van der Waals surface area contributed by atoms with Crippen molar-refractivity contribution in [2.24, 2.45) is 0 Å². The first-order valence-electron chi connectivity index (χ1n) is 3.11. The second-order valence-corrected chi connectivity index (χ2v) is 6.53. The van der Waals surface area contributed by atoms with Crippen molar-refractivity contribution >= 4 is 52.1 Å². The molecule has 0 heterocycles. The van der Waals surface area contributed by atoms with Crippen molar-refractivity contribution in [1.29, 1.82) is 0 Å². The van der Waals surface area contributed by atoms with E-state index in [2.05, 4.69) is 31.9 Å². The van der Waals surface area contributed by atoms with Gasteiger partial charge in [0.1, 0.15) is 0 Å². The van der Waals surface area contributed by atoms with Gasteiger partial charge in [-0.15, -0.1) is 0 Å². The average molecular weight is 422 g/mol. The van der Waals surface area contributed by atoms with Crippen LogP contribution in [0.3, 0.4) is 0 Å². The molecule has 0 aromatic rings. The number of hydrogen-bond acceptors (Lipinski definition) is 6. The van der Waals surface area contributed by atoms with E-state index in [4.69, 9.17) is 0 Å². The summed E-state index contributed by atoms with van der Waals surface area (Å²) in [6, 6.07) is 0. The molecule has 12 heteroatoms. The van der Waals surface area contributed by atoms with Gasteiger partial charge in [-0.05, 0) is 0 Å². The zero-order valence-corrected chi connectivity index (χ0v) is 17.7. The van der Waals surface area contributed by atoms with Crippen LogP contribution in [0.1, 0.15) is 0 Å². The average Bonchev–Trinajstić information content (AvgIpc) is 1.81. The molecule has 0 amide bonds. The zero-order valence-electron chi connectivity index (χ0n) is 8.85. The Kier molecular flexibility index (Phi) is 24.1. The molecule has 0 fully saturated rings. The van der Waals surface area contributed by atoms with E-state index in [0.717, 1.165) is 0 Å². The Bertz CT molecular complexity index is 294. The van der Waals surface area contributed by atoms with Gasteiger partial charge >= 0.3 is 59.1 Å². The standard InChI is InChI=1S/2C2H5BrO3S.2Na/c2*3-1-2-7(4,5)6;;/h2*1-2H2,(H,4,5,6);;/q;;2*+1/p-2. The molecule has 0 aromatic carbocycles. The van der Waals surface area contributed by atoms with Crippen LogP contribution in [0, 0.1) is 0 Å². The van der Waals surface area contributed by atoms with E-state index in [9.17, 15) is 25.9 Å². The van der Waals surface area contributed by atoms with Crippen LogP contribution in [0.15, 0.2) is 0 Å². The molecule has 0 spiro atoms. The van der Waals surface area contributed by atoms with Crippen molar-refractivity contribution in [3.8, 4) is 0 Å². The normalized spacial score (nSPS) is 10.2. The largest absolute Gasteiger partial charge is 1.00 e. The van der Waals surface area contributed by atoms with Gasteiger partial charge in [0.2, 0.25) is 0 Å². The Hall–Kier alpha value is 2.78. The first kappa shape index (κ1) is 27.2. The Labute approximate surface area is 157 Å². The summed E-state index contributed by atoms with van der Waals surface area (Å²) in [7, 11) is -7.94. The first-order valence-corrected chi connectivity index (χ1v) is 8.51. The first-order chi connectivity index (χ1) is 6.12. The van der Waals surface area contributed by atoms with Crippen molar-refractivity contribution in [3.63, 3.8) is 0 Å². The number of alkyl halides is 2. The van der Waals surface area contributed by atoms with E-state index < -0.39 is 20.2 Å². The summed E-state index contributed by atoms with van der Waals surface area (Å²) in [4.78, 5) is 0. The predicted molar refractivity (Wildman–Crippen MR) is 56.7 cm³/mol. The monoisotopic (exact) mass is 420 g/mol. The summed E-state index contributed by atoms with van der Waals surface area (Å²) in [6.45, 7) is 0. The van der Waals surface area contributed by atoms with Crippen LogP contribution < -0.4 is 59.1 Å². The predicted octanol–water partition coefficient (Wildman–Crippen LogP) is -6.14. The molecule has 16 heavy (non-hydrogen) atoms. The second kappa shape index (κ2) is 14.2. The van der Waals surface area contributed by atoms with E-state index in [1.54, 1.807) is 0 Å². The molecule has 0 radical (unpaired) electrons. The third kappa shape index (κ3) is 36.0. The Morgan fingerprint density at radius 3 is 0.938 bits per heavy atom.